The van der Waals surface area contributed by atoms with Crippen molar-refractivity contribution in [1.82, 2.24) is 0 Å². The summed E-state index contributed by atoms with van der Waals surface area (Å²) in [7, 11) is 0. The van der Waals surface area contributed by atoms with E-state index in [9.17, 15) is 18.0 Å². The molecule has 15 heavy (non-hydrogen) atoms. The van der Waals surface area contributed by atoms with Crippen molar-refractivity contribution in [3.05, 3.63) is 28.3 Å². The molecule has 0 saturated heterocycles. The molecule has 0 fully saturated rings. The van der Waals surface area contributed by atoms with Crippen molar-refractivity contribution in [2.45, 2.75) is 13.1 Å². The summed E-state index contributed by atoms with van der Waals surface area (Å²) in [5.41, 5.74) is 3.61. The Hall–Kier alpha value is -1.23. The molecule has 6 heteroatoms. The van der Waals surface area contributed by atoms with Crippen LogP contribution in [0.2, 0.25) is 5.02 Å². The number of alkyl halides is 3. The van der Waals surface area contributed by atoms with Gasteiger partial charge in [0.25, 0.3) is 0 Å². The first-order valence-corrected chi connectivity index (χ1v) is 4.28. The van der Waals surface area contributed by atoms with Gasteiger partial charge in [0.2, 0.25) is 0 Å². The molecule has 0 spiro atoms. The van der Waals surface area contributed by atoms with Gasteiger partial charge in [-0.25, -0.2) is 0 Å². The second-order valence-corrected chi connectivity index (χ2v) is 3.38. The molecule has 1 rings (SSSR count). The van der Waals surface area contributed by atoms with Gasteiger partial charge in [-0.3, -0.25) is 4.79 Å². The third kappa shape index (κ3) is 2.41. The molecule has 0 bridgehead atoms. The Morgan fingerprint density at radius 2 is 1.93 bits per heavy atom. The summed E-state index contributed by atoms with van der Waals surface area (Å²) in [6.45, 7) is 1.22. The molecule has 0 radical (unpaired) electrons. The van der Waals surface area contributed by atoms with Gasteiger partial charge in [0.1, 0.15) is 0 Å². The zero-order chi connectivity index (χ0) is 11.8. The van der Waals surface area contributed by atoms with Gasteiger partial charge in [-0.2, -0.15) is 13.2 Å². The molecule has 0 unspecified atom stereocenters. The number of nitrogen functional groups attached to an aromatic ring is 1. The van der Waals surface area contributed by atoms with Gasteiger partial charge < -0.3 is 5.73 Å². The highest BCUT2D eigenvalue weighted by atomic mass is 35.5. The molecule has 0 saturated carbocycles. The molecule has 2 nitrogen and oxygen atoms in total. The van der Waals surface area contributed by atoms with E-state index >= 15 is 0 Å². The summed E-state index contributed by atoms with van der Waals surface area (Å²) in [6.07, 6.45) is -4.61. The number of benzene rings is 1. The molecule has 0 aliphatic carbocycles. The molecule has 1 aromatic carbocycles. The van der Waals surface area contributed by atoms with Crippen molar-refractivity contribution in [1.29, 1.82) is 0 Å². The van der Waals surface area contributed by atoms with Gasteiger partial charge in [0.15, 0.2) is 5.78 Å². The summed E-state index contributed by atoms with van der Waals surface area (Å²) >= 11 is 5.41. The first-order chi connectivity index (χ1) is 6.73. The second kappa shape index (κ2) is 3.73. The minimum atomic E-state index is -4.61. The number of hydrogen-bond donors (Lipinski definition) is 1. The summed E-state index contributed by atoms with van der Waals surface area (Å²) in [5, 5.41) is -0.562. The van der Waals surface area contributed by atoms with Gasteiger partial charge in [-0.1, -0.05) is 11.6 Å². The van der Waals surface area contributed by atoms with Crippen LogP contribution in [0.5, 0.6) is 0 Å². The topological polar surface area (TPSA) is 43.1 Å². The number of ketones is 1. The molecular weight excluding hydrogens is 231 g/mol. The third-order valence-corrected chi connectivity index (χ3v) is 2.11. The number of carbonyl (C=O) groups is 1. The number of nitrogens with two attached hydrogens (primary N) is 1. The maximum Gasteiger partial charge on any atom is 0.419 e. The van der Waals surface area contributed by atoms with Crippen LogP contribution in [-0.4, -0.2) is 5.78 Å². The first-order valence-electron chi connectivity index (χ1n) is 3.90. The van der Waals surface area contributed by atoms with Crippen LogP contribution in [0.25, 0.3) is 0 Å². The van der Waals surface area contributed by atoms with Crippen LogP contribution < -0.4 is 5.73 Å². The van der Waals surface area contributed by atoms with E-state index in [-0.39, 0.29) is 5.56 Å². The van der Waals surface area contributed by atoms with Crippen LogP contribution in [-0.2, 0) is 6.18 Å². The predicted octanol–water partition coefficient (Wildman–Crippen LogP) is 3.14. The van der Waals surface area contributed by atoms with Crippen molar-refractivity contribution in [3.8, 4) is 0 Å². The number of rotatable bonds is 1. The van der Waals surface area contributed by atoms with Crippen LogP contribution in [0, 0.1) is 0 Å². The molecule has 0 amide bonds. The van der Waals surface area contributed by atoms with Gasteiger partial charge in [-0.15, -0.1) is 0 Å². The monoisotopic (exact) mass is 237 g/mol. The smallest absolute Gasteiger partial charge is 0.398 e. The van der Waals surface area contributed by atoms with Gasteiger partial charge in [0, 0.05) is 11.3 Å². The summed E-state index contributed by atoms with van der Waals surface area (Å²) in [6, 6.07) is 1.93. The summed E-state index contributed by atoms with van der Waals surface area (Å²) in [4.78, 5) is 10.9. The molecular formula is C9H7ClF3NO. The predicted molar refractivity (Wildman–Crippen MR) is 50.9 cm³/mol. The van der Waals surface area contributed by atoms with Crippen LogP contribution in [0.1, 0.15) is 22.8 Å². The second-order valence-electron chi connectivity index (χ2n) is 2.98. The fraction of sp³-hybridized carbons (Fsp3) is 0.222. The lowest BCUT2D eigenvalue weighted by atomic mass is 10.1. The number of anilines is 1. The first kappa shape index (κ1) is 11.8. The largest absolute Gasteiger partial charge is 0.419 e. The van der Waals surface area contributed by atoms with E-state index in [2.05, 4.69) is 0 Å². The van der Waals surface area contributed by atoms with Crippen molar-refractivity contribution in [2.75, 3.05) is 5.73 Å². The van der Waals surface area contributed by atoms with E-state index in [0.717, 1.165) is 12.1 Å². The fourth-order valence-corrected chi connectivity index (χ4v) is 1.46. The minimum Gasteiger partial charge on any atom is -0.398 e. The lowest BCUT2D eigenvalue weighted by Crippen LogP contribution is -2.11. The third-order valence-electron chi connectivity index (χ3n) is 1.81. The van der Waals surface area contributed by atoms with E-state index < -0.39 is 28.2 Å². The lowest BCUT2D eigenvalue weighted by molar-refractivity contribution is -0.136. The van der Waals surface area contributed by atoms with E-state index in [1.807, 2.05) is 0 Å². The molecule has 1 aromatic rings. The normalized spacial score (nSPS) is 11.5. The standard InChI is InChI=1S/C9H7ClF3NO/c1-4(15)5-2-6(10)8(7(14)3-5)9(11,12)13/h2-3H,14H2,1H3. The summed E-state index contributed by atoms with van der Waals surface area (Å²) in [5.74, 6) is -0.391. The molecule has 0 aromatic heterocycles. The fourth-order valence-electron chi connectivity index (χ4n) is 1.13. The van der Waals surface area contributed by atoms with Gasteiger partial charge >= 0.3 is 6.18 Å². The Bertz CT molecular complexity index is 391. The Kier molecular flexibility index (Phi) is 2.95. The summed E-state index contributed by atoms with van der Waals surface area (Å²) < 4.78 is 37.2. The van der Waals surface area contributed by atoms with Crippen molar-refractivity contribution < 1.29 is 18.0 Å². The molecule has 0 aliphatic rings. The van der Waals surface area contributed by atoms with Crippen LogP contribution >= 0.6 is 11.6 Å². The molecule has 0 heterocycles. The lowest BCUT2D eigenvalue weighted by Gasteiger charge is -2.12. The number of halogens is 4. The van der Waals surface area contributed by atoms with Crippen molar-refractivity contribution in [2.24, 2.45) is 0 Å². The maximum atomic E-state index is 12.4. The van der Waals surface area contributed by atoms with Crippen LogP contribution in [0.15, 0.2) is 12.1 Å². The minimum absolute atomic E-state index is 0.0606. The highest BCUT2D eigenvalue weighted by molar-refractivity contribution is 6.32. The highest BCUT2D eigenvalue weighted by Gasteiger charge is 2.35. The van der Waals surface area contributed by atoms with Crippen LogP contribution in [0.3, 0.4) is 0 Å². The Morgan fingerprint density at radius 1 is 1.40 bits per heavy atom. The van der Waals surface area contributed by atoms with E-state index in [1.54, 1.807) is 0 Å². The quantitative estimate of drug-likeness (QED) is 0.602. The van der Waals surface area contributed by atoms with Crippen LogP contribution in [0.4, 0.5) is 18.9 Å². The van der Waals surface area contributed by atoms with E-state index in [0.29, 0.717) is 0 Å². The average Bonchev–Trinajstić information content (AvgIpc) is 1.99. The number of hydrogen-bond acceptors (Lipinski definition) is 2. The highest BCUT2D eigenvalue weighted by Crippen LogP contribution is 2.39. The molecule has 0 atom stereocenters. The Morgan fingerprint density at radius 3 is 2.27 bits per heavy atom. The molecule has 0 aliphatic heterocycles. The number of carbonyl (C=O) groups excluding carboxylic acids is 1. The number of Topliss-reactive ketones (excluding diaryl/α,β-unsaturated/α-hetero) is 1. The molecule has 2 N–H and O–H groups in total. The SMILES string of the molecule is CC(=O)c1cc(N)c(C(F)(F)F)c(Cl)c1. The maximum absolute atomic E-state index is 12.4. The van der Waals surface area contributed by atoms with Crippen molar-refractivity contribution in [3.63, 3.8) is 0 Å². The average molecular weight is 238 g/mol. The van der Waals surface area contributed by atoms with Crippen molar-refractivity contribution >= 4 is 23.1 Å². The molecule has 82 valence electrons. The van der Waals surface area contributed by atoms with Gasteiger partial charge in [-0.05, 0) is 19.1 Å². The van der Waals surface area contributed by atoms with Gasteiger partial charge in [0.05, 0.1) is 10.6 Å². The van der Waals surface area contributed by atoms with E-state index in [1.165, 1.54) is 6.92 Å². The Balaban J connectivity index is 3.41. The zero-order valence-corrected chi connectivity index (χ0v) is 8.41. The Labute approximate surface area is 88.8 Å². The van der Waals surface area contributed by atoms with E-state index in [4.69, 9.17) is 17.3 Å². The zero-order valence-electron chi connectivity index (χ0n) is 7.65.